The van der Waals surface area contributed by atoms with Gasteiger partial charge in [-0.15, -0.1) is 0 Å². The summed E-state index contributed by atoms with van der Waals surface area (Å²) in [5.74, 6) is 0.587. The van der Waals surface area contributed by atoms with Crippen LogP contribution < -0.4 is 10.3 Å². The molecule has 0 bridgehead atoms. The van der Waals surface area contributed by atoms with Crippen LogP contribution in [0.1, 0.15) is 18.3 Å². The Hall–Kier alpha value is -2.45. The molecule has 0 atom stereocenters. The Morgan fingerprint density at radius 1 is 1.26 bits per heavy atom. The molecule has 0 radical (unpaired) electrons. The highest BCUT2D eigenvalue weighted by molar-refractivity contribution is 7.89. The van der Waals surface area contributed by atoms with Gasteiger partial charge in [0.05, 0.1) is 0 Å². The van der Waals surface area contributed by atoms with E-state index in [9.17, 15) is 13.2 Å². The molecule has 0 saturated heterocycles. The van der Waals surface area contributed by atoms with Gasteiger partial charge in [-0.2, -0.15) is 5.10 Å². The highest BCUT2D eigenvalue weighted by Gasteiger charge is 2.18. The number of fused-ring (bicyclic) bond motifs is 1. The molecule has 2 aromatic heterocycles. The van der Waals surface area contributed by atoms with Crippen molar-refractivity contribution in [3.05, 3.63) is 64.3 Å². The standard InChI is InChI=1S/C15H16N4O3S/c1-2-14-17-18-15(20)13-8-12(10-19(13)14)23(21,22)16-9-11-6-4-3-5-7-11/h3-8,10,16H,2,9H2,1H3,(H,18,20). The van der Waals surface area contributed by atoms with Crippen LogP contribution in [0.4, 0.5) is 0 Å². The van der Waals surface area contributed by atoms with Gasteiger partial charge in [0, 0.05) is 19.2 Å². The molecule has 0 amide bonds. The smallest absolute Gasteiger partial charge is 0.288 e. The Morgan fingerprint density at radius 3 is 2.70 bits per heavy atom. The fraction of sp³-hybridized carbons (Fsp3) is 0.200. The zero-order valence-electron chi connectivity index (χ0n) is 12.5. The number of hydrogen-bond acceptors (Lipinski definition) is 4. The molecule has 0 saturated carbocycles. The molecule has 1 aromatic carbocycles. The highest BCUT2D eigenvalue weighted by atomic mass is 32.2. The van der Waals surface area contributed by atoms with Gasteiger partial charge in [0.2, 0.25) is 10.0 Å². The third-order valence-electron chi connectivity index (χ3n) is 3.53. The van der Waals surface area contributed by atoms with E-state index < -0.39 is 15.6 Å². The minimum absolute atomic E-state index is 0.0432. The molecule has 8 heteroatoms. The predicted molar refractivity (Wildman–Crippen MR) is 85.7 cm³/mol. The van der Waals surface area contributed by atoms with E-state index in [0.717, 1.165) is 5.56 Å². The lowest BCUT2D eigenvalue weighted by molar-refractivity contribution is 0.581. The average Bonchev–Trinajstić information content (AvgIpc) is 3.02. The molecule has 3 rings (SSSR count). The number of hydrogen-bond donors (Lipinski definition) is 2. The van der Waals surface area contributed by atoms with Crippen LogP contribution in [0.25, 0.3) is 5.52 Å². The maximum absolute atomic E-state index is 12.4. The van der Waals surface area contributed by atoms with Crippen molar-refractivity contribution in [1.29, 1.82) is 0 Å². The van der Waals surface area contributed by atoms with Crippen LogP contribution in [0.3, 0.4) is 0 Å². The third-order valence-corrected chi connectivity index (χ3v) is 4.90. The minimum atomic E-state index is -3.71. The largest absolute Gasteiger partial charge is 0.297 e. The minimum Gasteiger partial charge on any atom is -0.297 e. The van der Waals surface area contributed by atoms with Crippen molar-refractivity contribution < 1.29 is 8.42 Å². The Bertz CT molecular complexity index is 990. The molecule has 0 aliphatic rings. The van der Waals surface area contributed by atoms with Gasteiger partial charge in [-0.05, 0) is 11.6 Å². The maximum atomic E-state index is 12.4. The van der Waals surface area contributed by atoms with Gasteiger partial charge in [-0.1, -0.05) is 37.3 Å². The molecule has 23 heavy (non-hydrogen) atoms. The summed E-state index contributed by atoms with van der Waals surface area (Å²) in [6.45, 7) is 2.06. The van der Waals surface area contributed by atoms with Crippen molar-refractivity contribution in [2.45, 2.75) is 24.8 Å². The van der Waals surface area contributed by atoms with Gasteiger partial charge >= 0.3 is 0 Å². The fourth-order valence-electron chi connectivity index (χ4n) is 2.31. The monoisotopic (exact) mass is 332 g/mol. The fourth-order valence-corrected chi connectivity index (χ4v) is 3.34. The Labute approximate surface area is 133 Å². The lowest BCUT2D eigenvalue weighted by Gasteiger charge is -2.04. The molecular weight excluding hydrogens is 316 g/mol. The Morgan fingerprint density at radius 2 is 2.00 bits per heavy atom. The number of H-pyrrole nitrogens is 1. The van der Waals surface area contributed by atoms with E-state index in [1.807, 2.05) is 37.3 Å². The van der Waals surface area contributed by atoms with Gasteiger partial charge in [0.25, 0.3) is 5.56 Å². The van der Waals surface area contributed by atoms with Crippen LogP contribution in [0, 0.1) is 0 Å². The summed E-state index contributed by atoms with van der Waals surface area (Å²) in [6.07, 6.45) is 1.99. The summed E-state index contributed by atoms with van der Waals surface area (Å²) < 4.78 is 28.9. The number of aromatic amines is 1. The van der Waals surface area contributed by atoms with E-state index in [0.29, 0.717) is 12.2 Å². The first kappa shape index (κ1) is 15.4. The summed E-state index contributed by atoms with van der Waals surface area (Å²) in [6, 6.07) is 10.6. The SMILES string of the molecule is CCc1n[nH]c(=O)c2cc(S(=O)(=O)NCc3ccccc3)cn12. The van der Waals surface area contributed by atoms with Crippen molar-refractivity contribution in [3.63, 3.8) is 0 Å². The average molecular weight is 332 g/mol. The molecule has 0 spiro atoms. The molecule has 0 unspecified atom stereocenters. The summed E-state index contributed by atoms with van der Waals surface area (Å²) >= 11 is 0. The molecule has 2 N–H and O–H groups in total. The van der Waals surface area contributed by atoms with Crippen LogP contribution in [0.15, 0.2) is 52.3 Å². The zero-order chi connectivity index (χ0) is 16.4. The Balaban J connectivity index is 1.95. The molecule has 7 nitrogen and oxygen atoms in total. The molecule has 2 heterocycles. The Kier molecular flexibility index (Phi) is 4.01. The first-order valence-corrected chi connectivity index (χ1v) is 8.63. The number of rotatable bonds is 5. The molecule has 0 aliphatic heterocycles. The van der Waals surface area contributed by atoms with Crippen molar-refractivity contribution in [1.82, 2.24) is 19.3 Å². The quantitative estimate of drug-likeness (QED) is 0.730. The summed E-state index contributed by atoms with van der Waals surface area (Å²) in [5, 5.41) is 6.30. The molecule has 120 valence electrons. The normalized spacial score (nSPS) is 11.9. The van der Waals surface area contributed by atoms with Gasteiger partial charge in [-0.3, -0.25) is 9.20 Å². The van der Waals surface area contributed by atoms with E-state index in [4.69, 9.17) is 0 Å². The van der Waals surface area contributed by atoms with E-state index in [1.165, 1.54) is 16.7 Å². The topological polar surface area (TPSA) is 96.3 Å². The van der Waals surface area contributed by atoms with E-state index in [2.05, 4.69) is 14.9 Å². The second-order valence-electron chi connectivity index (χ2n) is 5.06. The van der Waals surface area contributed by atoms with Gasteiger partial charge in [0.15, 0.2) is 0 Å². The van der Waals surface area contributed by atoms with Crippen molar-refractivity contribution in [2.75, 3.05) is 0 Å². The highest BCUT2D eigenvalue weighted by Crippen LogP contribution is 2.14. The first-order chi connectivity index (χ1) is 11.0. The number of aryl methyl sites for hydroxylation is 1. The van der Waals surface area contributed by atoms with Gasteiger partial charge in [-0.25, -0.2) is 18.2 Å². The van der Waals surface area contributed by atoms with Gasteiger partial charge in [0.1, 0.15) is 16.2 Å². The number of nitrogens with zero attached hydrogens (tertiary/aromatic N) is 2. The second-order valence-corrected chi connectivity index (χ2v) is 6.83. The molecular formula is C15H16N4O3S. The predicted octanol–water partition coefficient (Wildman–Crippen LogP) is 1.06. The van der Waals surface area contributed by atoms with Gasteiger partial charge < -0.3 is 0 Å². The molecule has 3 aromatic rings. The van der Waals surface area contributed by atoms with Crippen molar-refractivity contribution >= 4 is 15.5 Å². The van der Waals surface area contributed by atoms with Crippen LogP contribution in [-0.4, -0.2) is 23.0 Å². The lowest BCUT2D eigenvalue weighted by atomic mass is 10.2. The van der Waals surface area contributed by atoms with Crippen molar-refractivity contribution in [2.24, 2.45) is 0 Å². The van der Waals surface area contributed by atoms with Crippen LogP contribution in [0.2, 0.25) is 0 Å². The van der Waals surface area contributed by atoms with Crippen LogP contribution in [-0.2, 0) is 23.0 Å². The van der Waals surface area contributed by atoms with E-state index in [-0.39, 0.29) is 17.0 Å². The summed E-state index contributed by atoms with van der Waals surface area (Å²) in [5.41, 5.74) is 0.692. The maximum Gasteiger partial charge on any atom is 0.288 e. The number of aromatic nitrogens is 3. The third kappa shape index (κ3) is 3.03. The van der Waals surface area contributed by atoms with Crippen LogP contribution in [0.5, 0.6) is 0 Å². The lowest BCUT2D eigenvalue weighted by Crippen LogP contribution is -2.22. The van der Waals surface area contributed by atoms with E-state index >= 15 is 0 Å². The first-order valence-electron chi connectivity index (χ1n) is 7.14. The molecule has 0 aliphatic carbocycles. The van der Waals surface area contributed by atoms with Crippen LogP contribution >= 0.6 is 0 Å². The summed E-state index contributed by atoms with van der Waals surface area (Å²) in [4.78, 5) is 11.9. The summed E-state index contributed by atoms with van der Waals surface area (Å²) in [7, 11) is -3.71. The zero-order valence-corrected chi connectivity index (χ0v) is 13.3. The second kappa shape index (κ2) is 5.98. The van der Waals surface area contributed by atoms with Crippen molar-refractivity contribution in [3.8, 4) is 0 Å². The number of nitrogens with one attached hydrogen (secondary N) is 2. The number of sulfonamides is 1. The van der Waals surface area contributed by atoms with E-state index in [1.54, 1.807) is 0 Å². The molecule has 0 fully saturated rings. The number of benzene rings is 1.